The molecule has 1 amide bonds. The quantitative estimate of drug-likeness (QED) is 0.701. The molecular formula is C12H14N4O3S2. The highest BCUT2D eigenvalue weighted by atomic mass is 32.2. The lowest BCUT2D eigenvalue weighted by Crippen LogP contribution is -2.26. The van der Waals surface area contributed by atoms with E-state index in [1.807, 2.05) is 17.5 Å². The van der Waals surface area contributed by atoms with Crippen LogP contribution in [0.3, 0.4) is 0 Å². The SMILES string of the molecule is O=C(O)CSCCNC(=O)c1cn(Cc2cccs2)nn1. The molecule has 2 aromatic rings. The van der Waals surface area contributed by atoms with Gasteiger partial charge in [0.25, 0.3) is 5.91 Å². The van der Waals surface area contributed by atoms with Gasteiger partial charge < -0.3 is 10.4 Å². The number of aliphatic carboxylic acids is 1. The van der Waals surface area contributed by atoms with Gasteiger partial charge in [-0.05, 0) is 11.4 Å². The number of carboxylic acids is 1. The monoisotopic (exact) mass is 326 g/mol. The van der Waals surface area contributed by atoms with Gasteiger partial charge in [-0.2, -0.15) is 0 Å². The molecule has 0 atom stereocenters. The second-order valence-electron chi connectivity index (χ2n) is 4.08. The van der Waals surface area contributed by atoms with E-state index in [1.54, 1.807) is 22.2 Å². The maximum absolute atomic E-state index is 11.8. The summed E-state index contributed by atoms with van der Waals surface area (Å²) in [5.74, 6) is -0.583. The van der Waals surface area contributed by atoms with Crippen molar-refractivity contribution in [2.75, 3.05) is 18.1 Å². The third kappa shape index (κ3) is 5.20. The molecule has 2 N–H and O–H groups in total. The van der Waals surface area contributed by atoms with Gasteiger partial charge in [0.2, 0.25) is 0 Å². The van der Waals surface area contributed by atoms with Crippen LogP contribution in [0.1, 0.15) is 15.4 Å². The Balaban J connectivity index is 1.75. The van der Waals surface area contributed by atoms with Gasteiger partial charge >= 0.3 is 5.97 Å². The number of carbonyl (C=O) groups excluding carboxylic acids is 1. The first-order valence-electron chi connectivity index (χ1n) is 6.15. The van der Waals surface area contributed by atoms with Crippen molar-refractivity contribution in [3.63, 3.8) is 0 Å². The van der Waals surface area contributed by atoms with Crippen LogP contribution in [-0.4, -0.2) is 50.0 Å². The number of amides is 1. The average molecular weight is 326 g/mol. The smallest absolute Gasteiger partial charge is 0.313 e. The van der Waals surface area contributed by atoms with Crippen LogP contribution in [0.15, 0.2) is 23.7 Å². The molecule has 2 aromatic heterocycles. The van der Waals surface area contributed by atoms with Crippen molar-refractivity contribution in [1.29, 1.82) is 0 Å². The van der Waals surface area contributed by atoms with Crippen molar-refractivity contribution in [3.05, 3.63) is 34.3 Å². The Morgan fingerprint density at radius 3 is 3.05 bits per heavy atom. The summed E-state index contributed by atoms with van der Waals surface area (Å²) in [6, 6.07) is 3.95. The first-order chi connectivity index (χ1) is 10.1. The molecule has 2 heterocycles. The Hall–Kier alpha value is -1.87. The summed E-state index contributed by atoms with van der Waals surface area (Å²) in [4.78, 5) is 23.3. The third-order valence-electron chi connectivity index (χ3n) is 2.43. The summed E-state index contributed by atoms with van der Waals surface area (Å²) in [6.07, 6.45) is 1.60. The number of hydrogen-bond acceptors (Lipinski definition) is 6. The number of carboxylic acid groups (broad SMARTS) is 1. The molecule has 9 heteroatoms. The summed E-state index contributed by atoms with van der Waals surface area (Å²) in [7, 11) is 0. The van der Waals surface area contributed by atoms with E-state index < -0.39 is 5.97 Å². The first kappa shape index (κ1) is 15.5. The van der Waals surface area contributed by atoms with Gasteiger partial charge in [0, 0.05) is 17.2 Å². The molecule has 7 nitrogen and oxygen atoms in total. The van der Waals surface area contributed by atoms with Crippen LogP contribution in [0.2, 0.25) is 0 Å². The Kier molecular flexibility index (Phi) is 5.76. The lowest BCUT2D eigenvalue weighted by molar-refractivity contribution is -0.133. The molecule has 0 bridgehead atoms. The van der Waals surface area contributed by atoms with E-state index in [4.69, 9.17) is 5.11 Å². The van der Waals surface area contributed by atoms with Crippen molar-refractivity contribution in [2.24, 2.45) is 0 Å². The van der Waals surface area contributed by atoms with Crippen molar-refractivity contribution in [1.82, 2.24) is 20.3 Å². The van der Waals surface area contributed by atoms with E-state index in [0.29, 0.717) is 18.8 Å². The van der Waals surface area contributed by atoms with Crippen LogP contribution >= 0.6 is 23.1 Å². The Bertz CT molecular complexity index is 597. The van der Waals surface area contributed by atoms with E-state index in [9.17, 15) is 9.59 Å². The molecule has 0 aliphatic heterocycles. The molecule has 0 aromatic carbocycles. The fourth-order valence-corrected chi connectivity index (χ4v) is 2.79. The van der Waals surface area contributed by atoms with Gasteiger partial charge in [-0.25, -0.2) is 4.68 Å². The molecule has 0 aliphatic rings. The summed E-state index contributed by atoms with van der Waals surface area (Å²) >= 11 is 2.87. The summed E-state index contributed by atoms with van der Waals surface area (Å²) in [5, 5.41) is 20.9. The third-order valence-corrected chi connectivity index (χ3v) is 4.23. The molecule has 112 valence electrons. The second kappa shape index (κ2) is 7.79. The lowest BCUT2D eigenvalue weighted by atomic mass is 10.4. The van der Waals surface area contributed by atoms with E-state index >= 15 is 0 Å². The van der Waals surface area contributed by atoms with Gasteiger partial charge in [-0.1, -0.05) is 11.3 Å². The van der Waals surface area contributed by atoms with Gasteiger partial charge in [0.1, 0.15) is 0 Å². The van der Waals surface area contributed by atoms with Crippen LogP contribution < -0.4 is 5.32 Å². The number of hydrogen-bond donors (Lipinski definition) is 2. The van der Waals surface area contributed by atoms with Crippen molar-refractivity contribution in [2.45, 2.75) is 6.54 Å². The maximum atomic E-state index is 11.8. The molecule has 0 spiro atoms. The topological polar surface area (TPSA) is 97.1 Å². The van der Waals surface area contributed by atoms with Crippen LogP contribution in [0, 0.1) is 0 Å². The van der Waals surface area contributed by atoms with Crippen molar-refractivity contribution >= 4 is 35.0 Å². The second-order valence-corrected chi connectivity index (χ2v) is 6.22. The number of nitrogens with one attached hydrogen (secondary N) is 1. The zero-order chi connectivity index (χ0) is 15.1. The minimum atomic E-state index is -0.858. The highest BCUT2D eigenvalue weighted by Crippen LogP contribution is 2.09. The van der Waals surface area contributed by atoms with E-state index in [2.05, 4.69) is 15.6 Å². The molecule has 21 heavy (non-hydrogen) atoms. The number of nitrogens with zero attached hydrogens (tertiary/aromatic N) is 3. The van der Waals surface area contributed by atoms with Crippen molar-refractivity contribution in [3.8, 4) is 0 Å². The van der Waals surface area contributed by atoms with Gasteiger partial charge in [-0.15, -0.1) is 28.2 Å². The fourth-order valence-electron chi connectivity index (χ4n) is 1.53. The first-order valence-corrected chi connectivity index (χ1v) is 8.19. The molecule has 0 unspecified atom stereocenters. The molecule has 0 saturated heterocycles. The number of rotatable bonds is 8. The molecule has 0 fully saturated rings. The predicted octanol–water partition coefficient (Wildman–Crippen LogP) is 0.935. The summed E-state index contributed by atoms with van der Waals surface area (Å²) in [5.41, 5.74) is 0.259. The standard InChI is InChI=1S/C12H14N4O3S2/c17-11(18)8-20-5-3-13-12(19)10-7-16(15-14-10)6-9-2-1-4-21-9/h1-2,4,7H,3,5-6,8H2,(H,13,19)(H,17,18). The van der Waals surface area contributed by atoms with E-state index in [-0.39, 0.29) is 17.4 Å². The number of aromatic nitrogens is 3. The Labute approximate surface area is 129 Å². The van der Waals surface area contributed by atoms with Gasteiger partial charge in [-0.3, -0.25) is 9.59 Å². The highest BCUT2D eigenvalue weighted by molar-refractivity contribution is 7.99. The highest BCUT2D eigenvalue weighted by Gasteiger charge is 2.10. The molecule has 0 radical (unpaired) electrons. The van der Waals surface area contributed by atoms with E-state index in [1.165, 1.54) is 11.8 Å². The van der Waals surface area contributed by atoms with Crippen LogP contribution in [0.4, 0.5) is 0 Å². The molecule has 0 aliphatic carbocycles. The number of thioether (sulfide) groups is 1. The molecule has 0 saturated carbocycles. The summed E-state index contributed by atoms with van der Waals surface area (Å²) in [6.45, 7) is 0.987. The van der Waals surface area contributed by atoms with Crippen LogP contribution in [0.5, 0.6) is 0 Å². The summed E-state index contributed by atoms with van der Waals surface area (Å²) < 4.78 is 1.61. The maximum Gasteiger partial charge on any atom is 0.313 e. The zero-order valence-corrected chi connectivity index (χ0v) is 12.7. The Morgan fingerprint density at radius 1 is 1.48 bits per heavy atom. The van der Waals surface area contributed by atoms with Gasteiger partial charge in [0.15, 0.2) is 5.69 Å². The Morgan fingerprint density at radius 2 is 2.33 bits per heavy atom. The van der Waals surface area contributed by atoms with E-state index in [0.717, 1.165) is 4.88 Å². The normalized spacial score (nSPS) is 10.5. The molecular weight excluding hydrogens is 312 g/mol. The minimum Gasteiger partial charge on any atom is -0.481 e. The molecule has 2 rings (SSSR count). The largest absolute Gasteiger partial charge is 0.481 e. The number of thiophene rings is 1. The average Bonchev–Trinajstić information content (AvgIpc) is 3.10. The van der Waals surface area contributed by atoms with Crippen LogP contribution in [-0.2, 0) is 11.3 Å². The lowest BCUT2D eigenvalue weighted by Gasteiger charge is -2.01. The van der Waals surface area contributed by atoms with Crippen LogP contribution in [0.25, 0.3) is 0 Å². The predicted molar refractivity (Wildman–Crippen MR) is 80.7 cm³/mol. The van der Waals surface area contributed by atoms with Gasteiger partial charge in [0.05, 0.1) is 18.5 Å². The zero-order valence-electron chi connectivity index (χ0n) is 11.1. The fraction of sp³-hybridized carbons (Fsp3) is 0.333. The number of carbonyl (C=O) groups is 2. The van der Waals surface area contributed by atoms with Crippen molar-refractivity contribution < 1.29 is 14.7 Å². The minimum absolute atomic E-state index is 0.0346.